The molecule has 86 valence electrons. The number of carbonyl (C=O) groups excluding carboxylic acids is 1. The van der Waals surface area contributed by atoms with E-state index in [2.05, 4.69) is 19.2 Å². The molecule has 0 aromatic carbocycles. The smallest absolute Gasteiger partial charge is 0.222 e. The first-order valence-corrected chi connectivity index (χ1v) is 6.11. The van der Waals surface area contributed by atoms with Gasteiger partial charge >= 0.3 is 0 Å². The SMILES string of the molecule is CC1(C)CCCNC1CN1CCCC1=O. The van der Waals surface area contributed by atoms with Crippen molar-refractivity contribution in [3.63, 3.8) is 0 Å². The average Bonchev–Trinajstić information content (AvgIpc) is 2.56. The van der Waals surface area contributed by atoms with E-state index in [4.69, 9.17) is 0 Å². The zero-order chi connectivity index (χ0) is 10.9. The van der Waals surface area contributed by atoms with E-state index in [1.54, 1.807) is 0 Å². The van der Waals surface area contributed by atoms with Crippen LogP contribution in [0.4, 0.5) is 0 Å². The minimum Gasteiger partial charge on any atom is -0.341 e. The van der Waals surface area contributed by atoms with Gasteiger partial charge in [-0.15, -0.1) is 0 Å². The third-order valence-electron chi connectivity index (χ3n) is 3.91. The molecule has 0 aromatic heterocycles. The number of nitrogens with one attached hydrogen (secondary N) is 1. The van der Waals surface area contributed by atoms with Crippen LogP contribution in [0.2, 0.25) is 0 Å². The molecule has 1 amide bonds. The number of hydrogen-bond acceptors (Lipinski definition) is 2. The number of nitrogens with zero attached hydrogens (tertiary/aromatic N) is 1. The van der Waals surface area contributed by atoms with E-state index in [9.17, 15) is 4.79 Å². The Hall–Kier alpha value is -0.570. The molecule has 3 nitrogen and oxygen atoms in total. The second kappa shape index (κ2) is 4.12. The Morgan fingerprint density at radius 2 is 2.27 bits per heavy atom. The topological polar surface area (TPSA) is 32.3 Å². The standard InChI is InChI=1S/C12H22N2O/c1-12(2)6-4-7-13-10(12)9-14-8-3-5-11(14)15/h10,13H,3-9H2,1-2H3. The third kappa shape index (κ3) is 2.33. The molecule has 0 aliphatic carbocycles. The maximum atomic E-state index is 11.6. The predicted molar refractivity (Wildman–Crippen MR) is 60.6 cm³/mol. The average molecular weight is 210 g/mol. The van der Waals surface area contributed by atoms with E-state index < -0.39 is 0 Å². The van der Waals surface area contributed by atoms with Crippen molar-refractivity contribution < 1.29 is 4.79 Å². The van der Waals surface area contributed by atoms with Crippen LogP contribution in [0, 0.1) is 5.41 Å². The fourth-order valence-corrected chi connectivity index (χ4v) is 2.70. The van der Waals surface area contributed by atoms with E-state index in [1.165, 1.54) is 12.8 Å². The first-order valence-electron chi connectivity index (χ1n) is 6.11. The van der Waals surface area contributed by atoms with Crippen molar-refractivity contribution >= 4 is 5.91 Å². The fourth-order valence-electron chi connectivity index (χ4n) is 2.70. The van der Waals surface area contributed by atoms with Crippen LogP contribution in [0.5, 0.6) is 0 Å². The third-order valence-corrected chi connectivity index (χ3v) is 3.91. The van der Waals surface area contributed by atoms with E-state index in [-0.39, 0.29) is 0 Å². The summed E-state index contributed by atoms with van der Waals surface area (Å²) in [5.41, 5.74) is 0.334. The normalized spacial score (nSPS) is 30.9. The summed E-state index contributed by atoms with van der Waals surface area (Å²) in [6.45, 7) is 7.60. The van der Waals surface area contributed by atoms with Crippen LogP contribution < -0.4 is 5.32 Å². The summed E-state index contributed by atoms with van der Waals surface area (Å²) in [5.74, 6) is 0.346. The van der Waals surface area contributed by atoms with E-state index in [0.29, 0.717) is 17.4 Å². The van der Waals surface area contributed by atoms with Crippen LogP contribution in [-0.2, 0) is 4.79 Å². The van der Waals surface area contributed by atoms with Crippen molar-refractivity contribution in [2.24, 2.45) is 5.41 Å². The zero-order valence-electron chi connectivity index (χ0n) is 9.88. The summed E-state index contributed by atoms with van der Waals surface area (Å²) in [4.78, 5) is 13.6. The Balaban J connectivity index is 1.94. The molecule has 2 heterocycles. The van der Waals surface area contributed by atoms with Crippen molar-refractivity contribution in [1.82, 2.24) is 10.2 Å². The van der Waals surface area contributed by atoms with Crippen LogP contribution in [0.25, 0.3) is 0 Å². The summed E-state index contributed by atoms with van der Waals surface area (Å²) in [5, 5.41) is 3.56. The largest absolute Gasteiger partial charge is 0.341 e. The molecule has 0 bridgehead atoms. The van der Waals surface area contributed by atoms with Crippen molar-refractivity contribution in [2.45, 2.75) is 45.6 Å². The molecule has 3 heteroatoms. The van der Waals surface area contributed by atoms with Crippen molar-refractivity contribution in [3.05, 3.63) is 0 Å². The fraction of sp³-hybridized carbons (Fsp3) is 0.917. The molecule has 1 unspecified atom stereocenters. The minimum atomic E-state index is 0.334. The molecule has 1 N–H and O–H groups in total. The second-order valence-electron chi connectivity index (χ2n) is 5.54. The number of piperidine rings is 1. The quantitative estimate of drug-likeness (QED) is 0.747. The second-order valence-corrected chi connectivity index (χ2v) is 5.54. The van der Waals surface area contributed by atoms with E-state index in [0.717, 1.165) is 32.5 Å². The lowest BCUT2D eigenvalue weighted by Crippen LogP contribution is -2.53. The molecule has 2 saturated heterocycles. The highest BCUT2D eigenvalue weighted by Gasteiger charge is 2.34. The van der Waals surface area contributed by atoms with E-state index >= 15 is 0 Å². The zero-order valence-corrected chi connectivity index (χ0v) is 9.88. The van der Waals surface area contributed by atoms with Gasteiger partial charge in [0.2, 0.25) is 5.91 Å². The van der Waals surface area contributed by atoms with Crippen LogP contribution in [-0.4, -0.2) is 36.5 Å². The maximum absolute atomic E-state index is 11.6. The summed E-state index contributed by atoms with van der Waals surface area (Å²) in [7, 11) is 0. The van der Waals surface area contributed by atoms with Gasteiger partial charge in [0, 0.05) is 25.6 Å². The van der Waals surface area contributed by atoms with Gasteiger partial charge in [-0.1, -0.05) is 13.8 Å². The number of likely N-dealkylation sites (tertiary alicyclic amines) is 1. The lowest BCUT2D eigenvalue weighted by molar-refractivity contribution is -0.128. The Labute approximate surface area is 92.2 Å². The molecular weight excluding hydrogens is 188 g/mol. The minimum absolute atomic E-state index is 0.334. The molecule has 2 aliphatic heterocycles. The Morgan fingerprint density at radius 3 is 2.87 bits per heavy atom. The molecule has 0 spiro atoms. The summed E-state index contributed by atoms with van der Waals surface area (Å²) in [6.07, 6.45) is 4.34. The Bertz CT molecular complexity index is 250. The highest BCUT2D eigenvalue weighted by atomic mass is 16.2. The molecular formula is C12H22N2O. The van der Waals surface area contributed by atoms with Crippen molar-refractivity contribution in [2.75, 3.05) is 19.6 Å². The van der Waals surface area contributed by atoms with Gasteiger partial charge in [0.05, 0.1) is 0 Å². The Kier molecular flexibility index (Phi) is 3.01. The van der Waals surface area contributed by atoms with Gasteiger partial charge in [-0.2, -0.15) is 0 Å². The van der Waals surface area contributed by atoms with Crippen LogP contribution in [0.3, 0.4) is 0 Å². The highest BCUT2D eigenvalue weighted by Crippen LogP contribution is 2.31. The van der Waals surface area contributed by atoms with Crippen molar-refractivity contribution in [3.8, 4) is 0 Å². The first-order chi connectivity index (χ1) is 7.09. The highest BCUT2D eigenvalue weighted by molar-refractivity contribution is 5.78. The summed E-state index contributed by atoms with van der Waals surface area (Å²) < 4.78 is 0. The molecule has 15 heavy (non-hydrogen) atoms. The van der Waals surface area contributed by atoms with Crippen LogP contribution in [0.15, 0.2) is 0 Å². The van der Waals surface area contributed by atoms with Gasteiger partial charge in [0.1, 0.15) is 0 Å². The maximum Gasteiger partial charge on any atom is 0.222 e. The van der Waals surface area contributed by atoms with Gasteiger partial charge in [0.25, 0.3) is 0 Å². The van der Waals surface area contributed by atoms with Crippen molar-refractivity contribution in [1.29, 1.82) is 0 Å². The van der Waals surface area contributed by atoms with E-state index in [1.807, 2.05) is 4.90 Å². The van der Waals surface area contributed by atoms with Gasteiger partial charge in [-0.25, -0.2) is 0 Å². The molecule has 0 radical (unpaired) electrons. The summed E-state index contributed by atoms with van der Waals surface area (Å²) >= 11 is 0. The molecule has 2 fully saturated rings. The van der Waals surface area contributed by atoms with Gasteiger partial charge in [0.15, 0.2) is 0 Å². The van der Waals surface area contributed by atoms with Crippen LogP contribution in [0.1, 0.15) is 39.5 Å². The molecule has 1 atom stereocenters. The van der Waals surface area contributed by atoms with Gasteiger partial charge in [-0.3, -0.25) is 4.79 Å². The Morgan fingerprint density at radius 1 is 1.47 bits per heavy atom. The lowest BCUT2D eigenvalue weighted by atomic mass is 9.77. The molecule has 2 rings (SSSR count). The number of carbonyl (C=O) groups is 1. The molecule has 0 aromatic rings. The molecule has 2 aliphatic rings. The first kappa shape index (κ1) is 10.9. The van der Waals surface area contributed by atoms with Crippen LogP contribution >= 0.6 is 0 Å². The lowest BCUT2D eigenvalue weighted by Gasteiger charge is -2.41. The van der Waals surface area contributed by atoms with Gasteiger partial charge < -0.3 is 10.2 Å². The molecule has 0 saturated carbocycles. The number of rotatable bonds is 2. The number of amides is 1. The monoisotopic (exact) mass is 210 g/mol. The summed E-state index contributed by atoms with van der Waals surface area (Å²) in [6, 6.07) is 0.480. The van der Waals surface area contributed by atoms with Gasteiger partial charge in [-0.05, 0) is 31.2 Å². The number of hydrogen-bond donors (Lipinski definition) is 1. The predicted octanol–water partition coefficient (Wildman–Crippen LogP) is 1.39.